The van der Waals surface area contributed by atoms with Crippen LogP contribution in [0.15, 0.2) is 11.1 Å². The number of nitrogens with one attached hydrogen (secondary N) is 1. The van der Waals surface area contributed by atoms with Crippen molar-refractivity contribution in [3.05, 3.63) is 11.1 Å². The van der Waals surface area contributed by atoms with Crippen LogP contribution >= 0.6 is 11.8 Å². The maximum atomic E-state index is 3.08. The van der Waals surface area contributed by atoms with Crippen LogP contribution in [0.3, 0.4) is 0 Å². The molecule has 0 spiro atoms. The Labute approximate surface area is 55.5 Å². The van der Waals surface area contributed by atoms with Crippen molar-refractivity contribution < 1.29 is 0 Å². The highest BCUT2D eigenvalue weighted by Gasteiger charge is 1.83. The molecule has 0 aromatic heterocycles. The third kappa shape index (κ3) is 2.97. The highest BCUT2D eigenvalue weighted by atomic mass is 32.2. The topological polar surface area (TPSA) is 12.0 Å². The second-order valence-corrected chi connectivity index (χ2v) is 2.28. The fourth-order valence-corrected chi connectivity index (χ4v) is 1.01. The van der Waals surface area contributed by atoms with E-state index in [1.165, 1.54) is 5.03 Å². The van der Waals surface area contributed by atoms with Crippen molar-refractivity contribution in [2.45, 2.75) is 13.3 Å². The van der Waals surface area contributed by atoms with Gasteiger partial charge in [0.2, 0.25) is 0 Å². The smallest absolute Gasteiger partial charge is 0.0635 e. The van der Waals surface area contributed by atoms with Crippen molar-refractivity contribution in [3.63, 3.8) is 0 Å². The Kier molecular flexibility index (Phi) is 4.97. The molecule has 0 aliphatic rings. The molecule has 0 amide bonds. The van der Waals surface area contributed by atoms with E-state index in [1.54, 1.807) is 11.8 Å². The van der Waals surface area contributed by atoms with Crippen molar-refractivity contribution in [1.82, 2.24) is 5.32 Å². The van der Waals surface area contributed by atoms with Crippen LogP contribution in [0.5, 0.6) is 0 Å². The normalized spacial score (nSPS) is 11.6. The lowest BCUT2D eigenvalue weighted by Crippen LogP contribution is -2.00. The number of hydrogen-bond donors (Lipinski definition) is 1. The quantitative estimate of drug-likeness (QED) is 0.627. The van der Waals surface area contributed by atoms with Crippen molar-refractivity contribution in [2.75, 3.05) is 13.3 Å². The van der Waals surface area contributed by atoms with E-state index in [0.29, 0.717) is 0 Å². The molecular formula is C6H13NS. The fourth-order valence-electron chi connectivity index (χ4n) is 0.473. The van der Waals surface area contributed by atoms with Gasteiger partial charge < -0.3 is 5.32 Å². The molecular weight excluding hydrogens is 118 g/mol. The monoisotopic (exact) mass is 131 g/mol. The van der Waals surface area contributed by atoms with E-state index in [-0.39, 0.29) is 0 Å². The lowest BCUT2D eigenvalue weighted by Gasteiger charge is -1.98. The second-order valence-electron chi connectivity index (χ2n) is 1.43. The third-order valence-corrected chi connectivity index (χ3v) is 1.67. The molecule has 0 aliphatic carbocycles. The molecule has 0 bridgehead atoms. The average molecular weight is 131 g/mol. The Morgan fingerprint density at radius 1 is 1.75 bits per heavy atom. The van der Waals surface area contributed by atoms with Gasteiger partial charge in [-0.25, -0.2) is 0 Å². The van der Waals surface area contributed by atoms with Gasteiger partial charge in [-0.1, -0.05) is 13.0 Å². The molecule has 48 valence electrons. The van der Waals surface area contributed by atoms with Crippen molar-refractivity contribution in [3.8, 4) is 0 Å². The molecule has 1 nitrogen and oxygen atoms in total. The Bertz CT molecular complexity index is 72.6. The molecule has 0 aromatic carbocycles. The Hall–Kier alpha value is -0.110. The molecule has 2 heteroatoms. The molecule has 0 saturated heterocycles. The molecule has 0 rings (SSSR count). The standard InChI is InChI=1S/C6H13NS/c1-4-5-6(7-2)8-3/h5,7H,4H2,1-3H3/b6-5-. The van der Waals surface area contributed by atoms with Crippen LogP contribution in [0, 0.1) is 0 Å². The highest BCUT2D eigenvalue weighted by molar-refractivity contribution is 8.02. The molecule has 0 aromatic rings. The summed E-state index contributed by atoms with van der Waals surface area (Å²) in [7, 11) is 1.94. The average Bonchev–Trinajstić information content (AvgIpc) is 1.83. The fraction of sp³-hybridized carbons (Fsp3) is 0.667. The van der Waals surface area contributed by atoms with Gasteiger partial charge >= 0.3 is 0 Å². The van der Waals surface area contributed by atoms with Crippen molar-refractivity contribution in [2.24, 2.45) is 0 Å². The summed E-state index contributed by atoms with van der Waals surface area (Å²) in [5, 5.41) is 4.33. The van der Waals surface area contributed by atoms with Crippen LogP contribution in [0.1, 0.15) is 13.3 Å². The van der Waals surface area contributed by atoms with Gasteiger partial charge in [0.25, 0.3) is 0 Å². The molecule has 0 saturated carbocycles. The molecule has 0 aliphatic heterocycles. The first-order valence-electron chi connectivity index (χ1n) is 2.77. The van der Waals surface area contributed by atoms with Crippen LogP contribution in [-0.4, -0.2) is 13.3 Å². The van der Waals surface area contributed by atoms with Crippen LogP contribution in [0.4, 0.5) is 0 Å². The van der Waals surface area contributed by atoms with E-state index >= 15 is 0 Å². The lowest BCUT2D eigenvalue weighted by atomic mass is 10.5. The molecule has 1 N–H and O–H groups in total. The summed E-state index contributed by atoms with van der Waals surface area (Å²) < 4.78 is 0. The van der Waals surface area contributed by atoms with Crippen molar-refractivity contribution in [1.29, 1.82) is 0 Å². The van der Waals surface area contributed by atoms with E-state index in [2.05, 4.69) is 24.6 Å². The molecule has 0 radical (unpaired) electrons. The van der Waals surface area contributed by atoms with Gasteiger partial charge in [0, 0.05) is 7.05 Å². The Morgan fingerprint density at radius 2 is 2.38 bits per heavy atom. The third-order valence-electron chi connectivity index (χ3n) is 0.856. The summed E-state index contributed by atoms with van der Waals surface area (Å²) in [6.07, 6.45) is 5.35. The van der Waals surface area contributed by atoms with E-state index in [0.717, 1.165) is 6.42 Å². The van der Waals surface area contributed by atoms with Crippen LogP contribution < -0.4 is 5.32 Å². The van der Waals surface area contributed by atoms with E-state index in [9.17, 15) is 0 Å². The van der Waals surface area contributed by atoms with Gasteiger partial charge in [0.05, 0.1) is 5.03 Å². The molecule has 8 heavy (non-hydrogen) atoms. The predicted molar refractivity (Wildman–Crippen MR) is 40.9 cm³/mol. The number of hydrogen-bond acceptors (Lipinski definition) is 2. The minimum Gasteiger partial charge on any atom is -0.383 e. The van der Waals surface area contributed by atoms with Crippen molar-refractivity contribution >= 4 is 11.8 Å². The molecule has 0 heterocycles. The maximum Gasteiger partial charge on any atom is 0.0635 e. The predicted octanol–water partition coefficient (Wildman–Crippen LogP) is 1.82. The largest absolute Gasteiger partial charge is 0.383 e. The van der Waals surface area contributed by atoms with E-state index in [1.807, 2.05) is 7.05 Å². The zero-order valence-electron chi connectivity index (χ0n) is 5.69. The summed E-state index contributed by atoms with van der Waals surface area (Å²) >= 11 is 1.74. The Balaban J connectivity index is 3.49. The summed E-state index contributed by atoms with van der Waals surface area (Å²) in [6.45, 7) is 2.13. The summed E-state index contributed by atoms with van der Waals surface area (Å²) in [5.74, 6) is 0. The molecule has 0 unspecified atom stereocenters. The first-order chi connectivity index (χ1) is 3.85. The van der Waals surface area contributed by atoms with Gasteiger partial charge in [-0.05, 0) is 12.7 Å². The SMILES string of the molecule is CC/C=C(/NC)SC. The van der Waals surface area contributed by atoms with E-state index in [4.69, 9.17) is 0 Å². The Morgan fingerprint density at radius 3 is 2.50 bits per heavy atom. The molecule has 0 atom stereocenters. The summed E-state index contributed by atoms with van der Waals surface area (Å²) in [4.78, 5) is 0. The number of rotatable bonds is 3. The molecule has 0 fully saturated rings. The second kappa shape index (κ2) is 5.04. The zero-order valence-corrected chi connectivity index (χ0v) is 6.51. The van der Waals surface area contributed by atoms with Crippen LogP contribution in [0.2, 0.25) is 0 Å². The summed E-state index contributed by atoms with van der Waals surface area (Å²) in [5.41, 5.74) is 0. The van der Waals surface area contributed by atoms with Gasteiger partial charge in [0.1, 0.15) is 0 Å². The minimum atomic E-state index is 1.11. The van der Waals surface area contributed by atoms with Crippen LogP contribution in [0.25, 0.3) is 0 Å². The number of thioether (sulfide) groups is 1. The first-order valence-corrected chi connectivity index (χ1v) is 3.99. The van der Waals surface area contributed by atoms with E-state index < -0.39 is 0 Å². The maximum absolute atomic E-state index is 3.08. The zero-order chi connectivity index (χ0) is 6.41. The van der Waals surface area contributed by atoms with Crippen LogP contribution in [-0.2, 0) is 0 Å². The van der Waals surface area contributed by atoms with Gasteiger partial charge in [-0.2, -0.15) is 0 Å². The van der Waals surface area contributed by atoms with Gasteiger partial charge in [0.15, 0.2) is 0 Å². The minimum absolute atomic E-state index is 1.11. The summed E-state index contributed by atoms with van der Waals surface area (Å²) in [6, 6.07) is 0. The first kappa shape index (κ1) is 7.89. The lowest BCUT2D eigenvalue weighted by molar-refractivity contribution is 1.05. The van der Waals surface area contributed by atoms with Gasteiger partial charge in [-0.3, -0.25) is 0 Å². The number of allylic oxidation sites excluding steroid dienone is 1. The van der Waals surface area contributed by atoms with Gasteiger partial charge in [-0.15, -0.1) is 11.8 Å². The highest BCUT2D eigenvalue weighted by Crippen LogP contribution is 2.06.